The number of nitrogens with one attached hydrogen (secondary N) is 1. The fourth-order valence-electron chi connectivity index (χ4n) is 4.08. The van der Waals surface area contributed by atoms with E-state index in [0.717, 1.165) is 13.2 Å². The number of amides is 2. The Hall–Kier alpha value is -2.91. The third-order valence-electron chi connectivity index (χ3n) is 6.20. The maximum Gasteiger partial charge on any atom is 0.430 e. The smallest absolute Gasteiger partial charge is 0.430 e. The van der Waals surface area contributed by atoms with E-state index in [2.05, 4.69) is 10.3 Å². The first-order valence-corrected chi connectivity index (χ1v) is 12.5. The van der Waals surface area contributed by atoms with Gasteiger partial charge in [0.2, 0.25) is 0 Å². The number of ether oxygens (including phenoxy) is 1. The SMILES string of the molecule is COc1cc(C(O)(C(F)(F)F)C(F)(F)F)ccc1-c1sc(C(=O)NCC(C)(C)O)nc1C(=O)N1CCC[C@@H]1C. The fraction of sp³-hybridized carbons (Fsp3) is 0.542. The van der Waals surface area contributed by atoms with Crippen molar-refractivity contribution >= 4 is 23.2 Å². The Bertz CT molecular complexity index is 1220. The molecule has 0 unspecified atom stereocenters. The first kappa shape index (κ1) is 30.6. The number of hydrogen-bond acceptors (Lipinski definition) is 7. The van der Waals surface area contributed by atoms with E-state index in [4.69, 9.17) is 4.74 Å². The number of carbonyl (C=O) groups excluding carboxylic acids is 2. The Morgan fingerprint density at radius 3 is 2.26 bits per heavy atom. The largest absolute Gasteiger partial charge is 0.496 e. The van der Waals surface area contributed by atoms with Gasteiger partial charge in [-0.15, -0.1) is 11.3 Å². The number of methoxy groups -OCH3 is 1. The van der Waals surface area contributed by atoms with Gasteiger partial charge in [0.1, 0.15) is 11.4 Å². The number of aliphatic hydroxyl groups is 2. The van der Waals surface area contributed by atoms with Crippen LogP contribution in [-0.2, 0) is 5.60 Å². The number of halogens is 6. The number of carbonyl (C=O) groups is 2. The molecule has 1 aliphatic rings. The molecule has 1 atom stereocenters. The number of nitrogens with zero attached hydrogens (tertiary/aromatic N) is 2. The molecule has 3 N–H and O–H groups in total. The van der Waals surface area contributed by atoms with Crippen LogP contribution in [0, 0.1) is 0 Å². The van der Waals surface area contributed by atoms with Crippen molar-refractivity contribution in [2.24, 2.45) is 0 Å². The summed E-state index contributed by atoms with van der Waals surface area (Å²) < 4.78 is 85.7. The molecule has 1 aliphatic heterocycles. The van der Waals surface area contributed by atoms with Crippen LogP contribution < -0.4 is 10.1 Å². The summed E-state index contributed by atoms with van der Waals surface area (Å²) >= 11 is 0.674. The van der Waals surface area contributed by atoms with Gasteiger partial charge in [-0.3, -0.25) is 9.59 Å². The third kappa shape index (κ3) is 5.99. The number of aromatic nitrogens is 1. The highest BCUT2D eigenvalue weighted by molar-refractivity contribution is 7.17. The van der Waals surface area contributed by atoms with Gasteiger partial charge in [0.25, 0.3) is 17.4 Å². The molecule has 15 heteroatoms. The van der Waals surface area contributed by atoms with Gasteiger partial charge in [-0.1, -0.05) is 6.07 Å². The second kappa shape index (κ2) is 10.6. The lowest BCUT2D eigenvalue weighted by atomic mass is 9.90. The number of likely N-dealkylation sites (tertiary alicyclic amines) is 1. The van der Waals surface area contributed by atoms with Crippen molar-refractivity contribution in [1.82, 2.24) is 15.2 Å². The van der Waals surface area contributed by atoms with Crippen molar-refractivity contribution in [2.75, 3.05) is 20.2 Å². The highest BCUT2D eigenvalue weighted by Gasteiger charge is 2.71. The minimum Gasteiger partial charge on any atom is -0.496 e. The molecule has 1 saturated heterocycles. The molecule has 2 heterocycles. The monoisotopic (exact) mass is 583 g/mol. The van der Waals surface area contributed by atoms with Crippen LogP contribution in [0.4, 0.5) is 26.3 Å². The van der Waals surface area contributed by atoms with Gasteiger partial charge >= 0.3 is 12.4 Å². The molecule has 39 heavy (non-hydrogen) atoms. The maximum atomic E-state index is 13.4. The molecule has 8 nitrogen and oxygen atoms in total. The second-order valence-electron chi connectivity index (χ2n) is 9.80. The quantitative estimate of drug-likeness (QED) is 0.421. The zero-order valence-electron chi connectivity index (χ0n) is 21.3. The topological polar surface area (TPSA) is 112 Å². The van der Waals surface area contributed by atoms with E-state index in [9.17, 15) is 46.1 Å². The van der Waals surface area contributed by atoms with Crippen LogP contribution in [0.5, 0.6) is 5.75 Å². The summed E-state index contributed by atoms with van der Waals surface area (Å²) in [6.45, 7) is 4.91. The van der Waals surface area contributed by atoms with E-state index in [1.165, 1.54) is 18.7 Å². The number of alkyl halides is 6. The van der Waals surface area contributed by atoms with Crippen molar-refractivity contribution in [2.45, 2.75) is 63.2 Å². The first-order chi connectivity index (χ1) is 17.8. The number of hydrogen-bond donors (Lipinski definition) is 3. The van der Waals surface area contributed by atoms with Gasteiger partial charge < -0.3 is 25.2 Å². The molecule has 0 radical (unpaired) electrons. The number of rotatable bonds is 7. The lowest BCUT2D eigenvalue weighted by Crippen LogP contribution is -2.53. The molecule has 2 aromatic rings. The van der Waals surface area contributed by atoms with Gasteiger partial charge in [-0.2, -0.15) is 26.3 Å². The van der Waals surface area contributed by atoms with E-state index in [0.29, 0.717) is 42.9 Å². The number of benzene rings is 1. The van der Waals surface area contributed by atoms with E-state index in [1.807, 2.05) is 0 Å². The highest BCUT2D eigenvalue weighted by Crippen LogP contribution is 2.51. The lowest BCUT2D eigenvalue weighted by Gasteiger charge is -2.33. The molecule has 0 saturated carbocycles. The third-order valence-corrected chi connectivity index (χ3v) is 7.29. The van der Waals surface area contributed by atoms with Crippen LogP contribution in [0.15, 0.2) is 18.2 Å². The van der Waals surface area contributed by atoms with Crippen LogP contribution >= 0.6 is 11.3 Å². The van der Waals surface area contributed by atoms with Crippen molar-refractivity contribution in [3.8, 4) is 16.2 Å². The molecule has 0 aliphatic carbocycles. The summed E-state index contributed by atoms with van der Waals surface area (Å²) in [6.07, 6.45) is -10.8. The first-order valence-electron chi connectivity index (χ1n) is 11.7. The predicted molar refractivity (Wildman–Crippen MR) is 128 cm³/mol. The normalized spacial score (nSPS) is 16.9. The van der Waals surface area contributed by atoms with Crippen molar-refractivity contribution in [3.63, 3.8) is 0 Å². The van der Waals surface area contributed by atoms with Crippen LogP contribution in [-0.4, -0.2) is 76.1 Å². The van der Waals surface area contributed by atoms with Crippen LogP contribution in [0.1, 0.15) is 59.5 Å². The lowest BCUT2D eigenvalue weighted by molar-refractivity contribution is -0.376. The van der Waals surface area contributed by atoms with Crippen LogP contribution in [0.2, 0.25) is 0 Å². The zero-order chi connectivity index (χ0) is 29.6. The second-order valence-corrected chi connectivity index (χ2v) is 10.8. The van der Waals surface area contributed by atoms with Gasteiger partial charge in [0.15, 0.2) is 5.01 Å². The van der Waals surface area contributed by atoms with Gasteiger partial charge in [-0.05, 0) is 45.7 Å². The van der Waals surface area contributed by atoms with Gasteiger partial charge in [0.05, 0.1) is 17.6 Å². The van der Waals surface area contributed by atoms with Crippen molar-refractivity contribution in [3.05, 3.63) is 34.5 Å². The predicted octanol–water partition coefficient (Wildman–Crippen LogP) is 4.26. The number of thiazole rings is 1. The van der Waals surface area contributed by atoms with Crippen molar-refractivity contribution in [1.29, 1.82) is 0 Å². The average molecular weight is 584 g/mol. The highest BCUT2D eigenvalue weighted by atomic mass is 32.1. The zero-order valence-corrected chi connectivity index (χ0v) is 22.1. The summed E-state index contributed by atoms with van der Waals surface area (Å²) in [7, 11) is 0.991. The van der Waals surface area contributed by atoms with Crippen LogP contribution in [0.3, 0.4) is 0 Å². The van der Waals surface area contributed by atoms with E-state index in [-0.39, 0.29) is 33.7 Å². The van der Waals surface area contributed by atoms with E-state index >= 15 is 0 Å². The minimum absolute atomic E-state index is 0.0292. The van der Waals surface area contributed by atoms with Crippen LogP contribution in [0.25, 0.3) is 10.4 Å². The average Bonchev–Trinajstić information content (AvgIpc) is 3.46. The molecule has 0 bridgehead atoms. The summed E-state index contributed by atoms with van der Waals surface area (Å²) in [5, 5.41) is 21.9. The molecule has 2 amide bonds. The van der Waals surface area contributed by atoms with Crippen molar-refractivity contribution < 1.29 is 50.9 Å². The summed E-state index contributed by atoms with van der Waals surface area (Å²) in [4.78, 5) is 31.8. The summed E-state index contributed by atoms with van der Waals surface area (Å²) in [5.41, 5.74) is -8.36. The molecule has 1 fully saturated rings. The molecule has 0 spiro atoms. The Morgan fingerprint density at radius 1 is 1.15 bits per heavy atom. The van der Waals surface area contributed by atoms with E-state index < -0.39 is 46.7 Å². The Kier molecular flexibility index (Phi) is 8.31. The minimum atomic E-state index is -6.11. The Balaban J connectivity index is 2.17. The Morgan fingerprint density at radius 2 is 1.77 bits per heavy atom. The van der Waals surface area contributed by atoms with Gasteiger partial charge in [0, 0.05) is 30.3 Å². The van der Waals surface area contributed by atoms with E-state index in [1.54, 1.807) is 6.92 Å². The molecular formula is C24H27F6N3O5S. The molecule has 216 valence electrons. The van der Waals surface area contributed by atoms with Gasteiger partial charge in [-0.25, -0.2) is 4.98 Å². The molecular weight excluding hydrogens is 556 g/mol. The summed E-state index contributed by atoms with van der Waals surface area (Å²) in [5.74, 6) is -1.85. The fourth-order valence-corrected chi connectivity index (χ4v) is 5.08. The standard InChI is InChI=1S/C24H27F6N3O5S/c1-12-6-5-9-33(12)20(35)16-17(39-19(32-16)18(34)31-11-21(2,3)36)14-8-7-13(10-15(14)38-4)22(37,23(25,26)27)24(28,29)30/h7-8,10,12,36-37H,5-6,9,11H2,1-4H3,(H,31,34)/t12-/m0/s1. The molecule has 1 aromatic carbocycles. The maximum absolute atomic E-state index is 13.4. The summed E-state index contributed by atoms with van der Waals surface area (Å²) in [6, 6.07) is 1.49. The molecule has 1 aromatic heterocycles. The molecule has 3 rings (SSSR count). The Labute approximate surface area is 223 Å².